The van der Waals surface area contributed by atoms with E-state index in [4.69, 9.17) is 4.74 Å². The molecule has 104 valence electrons. The van der Waals surface area contributed by atoms with Gasteiger partial charge in [-0.1, -0.05) is 25.8 Å². The minimum absolute atomic E-state index is 0.142. The molecule has 1 fully saturated rings. The maximum atomic E-state index is 12.4. The first-order chi connectivity index (χ1) is 9.31. The van der Waals surface area contributed by atoms with Gasteiger partial charge in [-0.05, 0) is 37.5 Å². The Kier molecular flexibility index (Phi) is 5.25. The van der Waals surface area contributed by atoms with Crippen LogP contribution < -0.4 is 4.74 Å². The van der Waals surface area contributed by atoms with Crippen LogP contribution in [0.2, 0.25) is 0 Å². The van der Waals surface area contributed by atoms with Gasteiger partial charge in [0.25, 0.3) is 5.91 Å². The van der Waals surface area contributed by atoms with Gasteiger partial charge in [-0.25, -0.2) is 0 Å². The number of amides is 1. The van der Waals surface area contributed by atoms with E-state index in [2.05, 4.69) is 6.92 Å². The van der Waals surface area contributed by atoms with E-state index >= 15 is 0 Å². The van der Waals surface area contributed by atoms with Crippen LogP contribution in [0.5, 0.6) is 5.75 Å². The number of carbonyl (C=O) groups is 1. The van der Waals surface area contributed by atoms with Crippen molar-refractivity contribution in [2.75, 3.05) is 19.7 Å². The van der Waals surface area contributed by atoms with Crippen LogP contribution in [0.15, 0.2) is 24.3 Å². The highest BCUT2D eigenvalue weighted by Gasteiger charge is 2.17. The number of hydrogen-bond acceptors (Lipinski definition) is 2. The molecule has 1 heterocycles. The average molecular weight is 261 g/mol. The van der Waals surface area contributed by atoms with E-state index in [1.807, 2.05) is 29.2 Å². The number of rotatable bonds is 4. The SMILES string of the molecule is CCCOc1cccc(C(=O)N2CCCCCC2)c1. The second-order valence-electron chi connectivity index (χ2n) is 5.08. The smallest absolute Gasteiger partial charge is 0.253 e. The number of nitrogens with zero attached hydrogens (tertiary/aromatic N) is 1. The van der Waals surface area contributed by atoms with Crippen molar-refractivity contribution in [2.45, 2.75) is 39.0 Å². The summed E-state index contributed by atoms with van der Waals surface area (Å²) in [6.45, 7) is 4.55. The molecule has 0 unspecified atom stereocenters. The lowest BCUT2D eigenvalue weighted by Gasteiger charge is -2.20. The lowest BCUT2D eigenvalue weighted by Crippen LogP contribution is -2.31. The molecule has 0 N–H and O–H groups in total. The maximum absolute atomic E-state index is 12.4. The molecule has 0 saturated carbocycles. The standard InChI is InChI=1S/C16H23NO2/c1-2-12-19-15-9-7-8-14(13-15)16(18)17-10-5-3-4-6-11-17/h7-9,13H,2-6,10-12H2,1H3. The van der Waals surface area contributed by atoms with Crippen molar-refractivity contribution < 1.29 is 9.53 Å². The summed E-state index contributed by atoms with van der Waals surface area (Å²) in [6.07, 6.45) is 5.70. The zero-order valence-corrected chi connectivity index (χ0v) is 11.7. The van der Waals surface area contributed by atoms with Gasteiger partial charge in [-0.3, -0.25) is 4.79 Å². The molecular weight excluding hydrogens is 238 g/mol. The van der Waals surface area contributed by atoms with Crippen LogP contribution in [0, 0.1) is 0 Å². The first-order valence-electron chi connectivity index (χ1n) is 7.33. The Hall–Kier alpha value is -1.51. The summed E-state index contributed by atoms with van der Waals surface area (Å²) in [7, 11) is 0. The summed E-state index contributed by atoms with van der Waals surface area (Å²) in [4.78, 5) is 14.4. The van der Waals surface area contributed by atoms with Crippen molar-refractivity contribution >= 4 is 5.91 Å². The lowest BCUT2D eigenvalue weighted by molar-refractivity contribution is 0.0761. The molecule has 2 rings (SSSR count). The van der Waals surface area contributed by atoms with Crippen molar-refractivity contribution in [1.82, 2.24) is 4.90 Å². The molecule has 1 aliphatic heterocycles. The summed E-state index contributed by atoms with van der Waals surface area (Å²) in [6, 6.07) is 7.56. The van der Waals surface area contributed by atoms with Crippen molar-refractivity contribution in [3.05, 3.63) is 29.8 Å². The predicted molar refractivity (Wildman–Crippen MR) is 76.6 cm³/mol. The van der Waals surface area contributed by atoms with Crippen molar-refractivity contribution in [2.24, 2.45) is 0 Å². The van der Waals surface area contributed by atoms with Crippen LogP contribution >= 0.6 is 0 Å². The van der Waals surface area contributed by atoms with Gasteiger partial charge in [0.05, 0.1) is 6.61 Å². The van der Waals surface area contributed by atoms with Gasteiger partial charge in [0.2, 0.25) is 0 Å². The van der Waals surface area contributed by atoms with Gasteiger partial charge in [0.15, 0.2) is 0 Å². The molecule has 0 bridgehead atoms. The number of likely N-dealkylation sites (tertiary alicyclic amines) is 1. The molecular formula is C16H23NO2. The van der Waals surface area contributed by atoms with E-state index in [9.17, 15) is 4.79 Å². The maximum Gasteiger partial charge on any atom is 0.253 e. The summed E-state index contributed by atoms with van der Waals surface area (Å²) in [5.74, 6) is 0.936. The molecule has 0 spiro atoms. The number of ether oxygens (including phenoxy) is 1. The zero-order chi connectivity index (χ0) is 13.5. The first kappa shape index (κ1) is 13.9. The molecule has 3 heteroatoms. The van der Waals surface area contributed by atoms with Crippen LogP contribution in [0.25, 0.3) is 0 Å². The molecule has 1 saturated heterocycles. The Morgan fingerprint density at radius 1 is 1.21 bits per heavy atom. The number of hydrogen-bond donors (Lipinski definition) is 0. The number of carbonyl (C=O) groups excluding carboxylic acids is 1. The normalized spacial score (nSPS) is 15.9. The van der Waals surface area contributed by atoms with Gasteiger partial charge in [-0.2, -0.15) is 0 Å². The van der Waals surface area contributed by atoms with E-state index < -0.39 is 0 Å². The van der Waals surface area contributed by atoms with Gasteiger partial charge in [0, 0.05) is 18.7 Å². The minimum atomic E-state index is 0.142. The monoisotopic (exact) mass is 261 g/mol. The second kappa shape index (κ2) is 7.17. The molecule has 0 aromatic heterocycles. The van der Waals surface area contributed by atoms with E-state index in [0.717, 1.165) is 43.7 Å². The van der Waals surface area contributed by atoms with Crippen LogP contribution in [0.3, 0.4) is 0 Å². The first-order valence-corrected chi connectivity index (χ1v) is 7.33. The molecule has 1 aromatic rings. The molecule has 3 nitrogen and oxygen atoms in total. The molecule has 1 aromatic carbocycles. The van der Waals surface area contributed by atoms with Crippen LogP contribution in [0.4, 0.5) is 0 Å². The number of benzene rings is 1. The van der Waals surface area contributed by atoms with Crippen LogP contribution in [0.1, 0.15) is 49.4 Å². The molecule has 0 atom stereocenters. The Labute approximate surface area is 115 Å². The highest BCUT2D eigenvalue weighted by atomic mass is 16.5. The Morgan fingerprint density at radius 2 is 1.95 bits per heavy atom. The van der Waals surface area contributed by atoms with Crippen LogP contribution in [-0.4, -0.2) is 30.5 Å². The van der Waals surface area contributed by atoms with Crippen molar-refractivity contribution in [3.63, 3.8) is 0 Å². The molecule has 0 radical (unpaired) electrons. The summed E-state index contributed by atoms with van der Waals surface area (Å²) < 4.78 is 5.59. The fraction of sp³-hybridized carbons (Fsp3) is 0.562. The topological polar surface area (TPSA) is 29.5 Å². The Balaban J connectivity index is 2.04. The zero-order valence-electron chi connectivity index (χ0n) is 11.7. The van der Waals surface area contributed by atoms with E-state index in [1.54, 1.807) is 0 Å². The Morgan fingerprint density at radius 3 is 2.63 bits per heavy atom. The van der Waals surface area contributed by atoms with Gasteiger partial charge in [-0.15, -0.1) is 0 Å². The summed E-state index contributed by atoms with van der Waals surface area (Å²) in [5.41, 5.74) is 0.746. The van der Waals surface area contributed by atoms with Gasteiger partial charge in [0.1, 0.15) is 5.75 Å². The Bertz CT molecular complexity index is 409. The van der Waals surface area contributed by atoms with E-state index in [-0.39, 0.29) is 5.91 Å². The predicted octanol–water partition coefficient (Wildman–Crippen LogP) is 3.49. The fourth-order valence-corrected chi connectivity index (χ4v) is 2.40. The third-order valence-electron chi connectivity index (χ3n) is 3.45. The average Bonchev–Trinajstić information content (AvgIpc) is 2.73. The quantitative estimate of drug-likeness (QED) is 0.830. The lowest BCUT2D eigenvalue weighted by atomic mass is 10.2. The van der Waals surface area contributed by atoms with Gasteiger partial charge >= 0.3 is 0 Å². The molecule has 1 amide bonds. The van der Waals surface area contributed by atoms with Gasteiger partial charge < -0.3 is 9.64 Å². The van der Waals surface area contributed by atoms with Crippen LogP contribution in [-0.2, 0) is 0 Å². The van der Waals surface area contributed by atoms with E-state index in [0.29, 0.717) is 6.61 Å². The minimum Gasteiger partial charge on any atom is -0.494 e. The fourth-order valence-electron chi connectivity index (χ4n) is 2.40. The van der Waals surface area contributed by atoms with Crippen molar-refractivity contribution in [1.29, 1.82) is 0 Å². The largest absolute Gasteiger partial charge is 0.494 e. The highest BCUT2D eigenvalue weighted by Crippen LogP contribution is 2.17. The summed E-state index contributed by atoms with van der Waals surface area (Å²) in [5, 5.41) is 0. The second-order valence-corrected chi connectivity index (χ2v) is 5.08. The highest BCUT2D eigenvalue weighted by molar-refractivity contribution is 5.94. The third kappa shape index (κ3) is 3.98. The molecule has 19 heavy (non-hydrogen) atoms. The summed E-state index contributed by atoms with van der Waals surface area (Å²) >= 11 is 0. The van der Waals surface area contributed by atoms with E-state index in [1.165, 1.54) is 12.8 Å². The third-order valence-corrected chi connectivity index (χ3v) is 3.45. The molecule has 1 aliphatic rings. The molecule has 0 aliphatic carbocycles. The van der Waals surface area contributed by atoms with Crippen molar-refractivity contribution in [3.8, 4) is 5.75 Å².